The molecule has 0 bridgehead atoms. The lowest BCUT2D eigenvalue weighted by Crippen LogP contribution is -2.50. The highest BCUT2D eigenvalue weighted by atomic mass is 127. The minimum atomic E-state index is -0.413. The third-order valence-electron chi connectivity index (χ3n) is 4.52. The second-order valence-corrected chi connectivity index (χ2v) is 7.47. The fourth-order valence-corrected chi connectivity index (χ4v) is 3.51. The summed E-state index contributed by atoms with van der Waals surface area (Å²) in [7, 11) is 0. The van der Waals surface area contributed by atoms with Crippen LogP contribution in [0.15, 0.2) is 42.5 Å². The van der Waals surface area contributed by atoms with Crippen LogP contribution in [-0.4, -0.2) is 49.4 Å². The number of carbonyl (C=O) groups excluding carboxylic acids is 2. The number of nitrogens with zero attached hydrogens (tertiary/aromatic N) is 2. The molecule has 0 aliphatic carbocycles. The molecule has 5 nitrogen and oxygen atoms in total. The van der Waals surface area contributed by atoms with Crippen molar-refractivity contribution in [2.45, 2.75) is 6.92 Å². The first-order valence-corrected chi connectivity index (χ1v) is 9.74. The van der Waals surface area contributed by atoms with Gasteiger partial charge in [0.15, 0.2) is 12.4 Å². The maximum Gasteiger partial charge on any atom is 0.260 e. The second-order valence-electron chi connectivity index (χ2n) is 6.31. The number of halogens is 2. The highest BCUT2D eigenvalue weighted by Crippen LogP contribution is 2.23. The van der Waals surface area contributed by atoms with Crippen LogP contribution in [0, 0.1) is 9.39 Å². The number of piperazine rings is 1. The number of ketones is 1. The molecule has 0 aromatic heterocycles. The van der Waals surface area contributed by atoms with Gasteiger partial charge in [-0.1, -0.05) is 12.1 Å². The van der Waals surface area contributed by atoms with Crippen molar-refractivity contribution in [3.63, 3.8) is 0 Å². The average molecular weight is 482 g/mol. The molecule has 1 fully saturated rings. The molecule has 1 aliphatic heterocycles. The molecule has 1 aliphatic rings. The zero-order valence-corrected chi connectivity index (χ0v) is 17.1. The highest BCUT2D eigenvalue weighted by molar-refractivity contribution is 14.1. The smallest absolute Gasteiger partial charge is 0.260 e. The van der Waals surface area contributed by atoms with Gasteiger partial charge < -0.3 is 14.5 Å². The van der Waals surface area contributed by atoms with Crippen LogP contribution >= 0.6 is 22.6 Å². The van der Waals surface area contributed by atoms with E-state index in [-0.39, 0.29) is 18.3 Å². The van der Waals surface area contributed by atoms with Gasteiger partial charge >= 0.3 is 0 Å². The van der Waals surface area contributed by atoms with Gasteiger partial charge in [0.1, 0.15) is 11.6 Å². The second kappa shape index (κ2) is 8.69. The van der Waals surface area contributed by atoms with Crippen molar-refractivity contribution in [3.05, 3.63) is 57.4 Å². The summed E-state index contributed by atoms with van der Waals surface area (Å²) in [6.45, 7) is 3.47. The van der Waals surface area contributed by atoms with Crippen LogP contribution in [0.25, 0.3) is 0 Å². The van der Waals surface area contributed by atoms with Gasteiger partial charge in [0, 0.05) is 31.7 Å². The predicted molar refractivity (Wildman–Crippen MR) is 110 cm³/mol. The lowest BCUT2D eigenvalue weighted by Gasteiger charge is -2.36. The van der Waals surface area contributed by atoms with E-state index in [1.807, 2.05) is 29.2 Å². The van der Waals surface area contributed by atoms with Gasteiger partial charge in [0.2, 0.25) is 0 Å². The van der Waals surface area contributed by atoms with Crippen LogP contribution in [0.3, 0.4) is 0 Å². The van der Waals surface area contributed by atoms with E-state index >= 15 is 0 Å². The Kier molecular flexibility index (Phi) is 6.30. The fraction of sp³-hybridized carbons (Fsp3) is 0.300. The molecular formula is C20H20FIN2O3. The third kappa shape index (κ3) is 4.77. The summed E-state index contributed by atoms with van der Waals surface area (Å²) in [6, 6.07) is 12.1. The maximum absolute atomic E-state index is 14.3. The summed E-state index contributed by atoms with van der Waals surface area (Å²) in [6.07, 6.45) is 0. The van der Waals surface area contributed by atoms with E-state index in [2.05, 4.69) is 22.6 Å². The number of hydrogen-bond acceptors (Lipinski definition) is 4. The van der Waals surface area contributed by atoms with Gasteiger partial charge in [0.25, 0.3) is 5.91 Å². The molecule has 0 atom stereocenters. The Morgan fingerprint density at radius 3 is 2.44 bits per heavy atom. The molecule has 1 saturated heterocycles. The normalized spacial score (nSPS) is 14.2. The lowest BCUT2D eigenvalue weighted by atomic mass is 10.1. The largest absolute Gasteiger partial charge is 0.483 e. The number of Topliss-reactive ketones (excluding diaryl/α,β-unsaturated/α-hetero) is 1. The quantitative estimate of drug-likeness (QED) is 0.485. The molecule has 7 heteroatoms. The molecular weight excluding hydrogens is 462 g/mol. The van der Waals surface area contributed by atoms with Crippen LogP contribution < -0.4 is 9.64 Å². The number of ether oxygens (including phenoxy) is 1. The molecule has 1 heterocycles. The molecule has 0 spiro atoms. The van der Waals surface area contributed by atoms with Crippen LogP contribution in [-0.2, 0) is 4.79 Å². The number of carbonyl (C=O) groups is 2. The highest BCUT2D eigenvalue weighted by Gasteiger charge is 2.23. The lowest BCUT2D eigenvalue weighted by molar-refractivity contribution is -0.133. The Morgan fingerprint density at radius 2 is 1.81 bits per heavy atom. The molecule has 0 saturated carbocycles. The van der Waals surface area contributed by atoms with Crippen molar-refractivity contribution in [2.24, 2.45) is 0 Å². The first-order chi connectivity index (χ1) is 13.0. The van der Waals surface area contributed by atoms with Gasteiger partial charge in [-0.3, -0.25) is 9.59 Å². The maximum atomic E-state index is 14.3. The van der Waals surface area contributed by atoms with E-state index in [4.69, 9.17) is 4.74 Å². The molecule has 2 aromatic carbocycles. The summed E-state index contributed by atoms with van der Waals surface area (Å²) in [5, 5.41) is 0. The molecule has 1 amide bonds. The Labute approximate surface area is 171 Å². The van der Waals surface area contributed by atoms with E-state index in [0.29, 0.717) is 43.2 Å². The minimum Gasteiger partial charge on any atom is -0.483 e. The van der Waals surface area contributed by atoms with Crippen LogP contribution in [0.5, 0.6) is 5.75 Å². The summed E-state index contributed by atoms with van der Waals surface area (Å²) in [5.74, 6) is 0.0350. The van der Waals surface area contributed by atoms with Crippen molar-refractivity contribution in [3.8, 4) is 5.75 Å². The van der Waals surface area contributed by atoms with E-state index in [1.165, 1.54) is 13.0 Å². The molecule has 0 radical (unpaired) electrons. The number of anilines is 1. The van der Waals surface area contributed by atoms with Gasteiger partial charge in [-0.2, -0.15) is 0 Å². The standard InChI is InChI=1S/C20H20FIN2O3/c1-14(25)15-6-7-18(16(21)12-15)23-8-10-24(11-9-23)20(26)13-27-19-5-3-2-4-17(19)22/h2-7,12H,8-11,13H2,1H3. The van der Waals surface area contributed by atoms with Crippen molar-refractivity contribution >= 4 is 40.0 Å². The van der Waals surface area contributed by atoms with Crippen LogP contribution in [0.2, 0.25) is 0 Å². The number of hydrogen-bond donors (Lipinski definition) is 0. The van der Waals surface area contributed by atoms with Crippen molar-refractivity contribution in [1.29, 1.82) is 0 Å². The molecule has 2 aromatic rings. The molecule has 0 unspecified atom stereocenters. The number of para-hydroxylation sites is 1. The first kappa shape index (κ1) is 19.6. The minimum absolute atomic E-state index is 0.0122. The van der Waals surface area contributed by atoms with E-state index in [9.17, 15) is 14.0 Å². The van der Waals surface area contributed by atoms with Crippen LogP contribution in [0.1, 0.15) is 17.3 Å². The third-order valence-corrected chi connectivity index (χ3v) is 5.41. The fourth-order valence-electron chi connectivity index (χ4n) is 2.97. The Balaban J connectivity index is 1.55. The Morgan fingerprint density at radius 1 is 1.11 bits per heavy atom. The van der Waals surface area contributed by atoms with Crippen molar-refractivity contribution in [2.75, 3.05) is 37.7 Å². The van der Waals surface area contributed by atoms with Gasteiger partial charge in [0.05, 0.1) is 9.26 Å². The SMILES string of the molecule is CC(=O)c1ccc(N2CCN(C(=O)COc3ccccc3I)CC2)c(F)c1. The summed E-state index contributed by atoms with van der Waals surface area (Å²) >= 11 is 2.17. The van der Waals surface area contributed by atoms with Crippen molar-refractivity contribution < 1.29 is 18.7 Å². The summed E-state index contributed by atoms with van der Waals surface area (Å²) in [4.78, 5) is 27.4. The average Bonchev–Trinajstić information content (AvgIpc) is 2.67. The van der Waals surface area contributed by atoms with Gasteiger partial charge in [-0.25, -0.2) is 4.39 Å². The monoisotopic (exact) mass is 482 g/mol. The Bertz CT molecular complexity index is 851. The predicted octanol–water partition coefficient (Wildman–Crippen LogP) is 3.36. The molecule has 27 heavy (non-hydrogen) atoms. The molecule has 142 valence electrons. The van der Waals surface area contributed by atoms with E-state index in [1.54, 1.807) is 17.0 Å². The Hall–Kier alpha value is -2.16. The number of benzene rings is 2. The number of amides is 1. The topological polar surface area (TPSA) is 49.9 Å². The van der Waals surface area contributed by atoms with Crippen LogP contribution in [0.4, 0.5) is 10.1 Å². The molecule has 0 N–H and O–H groups in total. The van der Waals surface area contributed by atoms with Gasteiger partial charge in [-0.15, -0.1) is 0 Å². The van der Waals surface area contributed by atoms with E-state index < -0.39 is 5.82 Å². The first-order valence-electron chi connectivity index (χ1n) is 8.66. The summed E-state index contributed by atoms with van der Waals surface area (Å²) in [5.41, 5.74) is 0.819. The number of rotatable bonds is 5. The van der Waals surface area contributed by atoms with E-state index in [0.717, 1.165) is 3.57 Å². The van der Waals surface area contributed by atoms with Gasteiger partial charge in [-0.05, 0) is 59.8 Å². The zero-order valence-electron chi connectivity index (χ0n) is 15.0. The zero-order chi connectivity index (χ0) is 19.4. The molecule has 3 rings (SSSR count). The summed E-state index contributed by atoms with van der Waals surface area (Å²) < 4.78 is 20.9. The van der Waals surface area contributed by atoms with Crippen molar-refractivity contribution in [1.82, 2.24) is 4.90 Å².